The van der Waals surface area contributed by atoms with E-state index in [2.05, 4.69) is 15.3 Å². The van der Waals surface area contributed by atoms with Crippen molar-refractivity contribution in [3.63, 3.8) is 0 Å². The van der Waals surface area contributed by atoms with Gasteiger partial charge in [-0.3, -0.25) is 0 Å². The Kier molecular flexibility index (Phi) is 5.77. The molecule has 0 unspecified atom stereocenters. The van der Waals surface area contributed by atoms with Gasteiger partial charge in [-0.25, -0.2) is 18.7 Å². The van der Waals surface area contributed by atoms with E-state index in [4.69, 9.17) is 5.73 Å². The second kappa shape index (κ2) is 8.65. The predicted molar refractivity (Wildman–Crippen MR) is 119 cm³/mol. The molecule has 7 heteroatoms. The van der Waals surface area contributed by atoms with Crippen molar-refractivity contribution >= 4 is 16.7 Å². The van der Waals surface area contributed by atoms with Crippen molar-refractivity contribution in [3.8, 4) is 28.3 Å². The Morgan fingerprint density at radius 2 is 1.81 bits per heavy atom. The largest absolute Gasteiger partial charge is 0.507 e. The Bertz CT molecular complexity index is 1250. The van der Waals surface area contributed by atoms with Crippen LogP contribution in [0.15, 0.2) is 60.7 Å². The Labute approximate surface area is 178 Å². The number of anilines is 1. The molecule has 4 rings (SSSR count). The van der Waals surface area contributed by atoms with Crippen LogP contribution in [0.4, 0.5) is 14.6 Å². The van der Waals surface area contributed by atoms with E-state index >= 15 is 0 Å². The van der Waals surface area contributed by atoms with Gasteiger partial charge in [0.25, 0.3) is 0 Å². The first-order chi connectivity index (χ1) is 15.0. The summed E-state index contributed by atoms with van der Waals surface area (Å²) in [4.78, 5) is 9.21. The Hall–Kier alpha value is -3.58. The van der Waals surface area contributed by atoms with Gasteiger partial charge < -0.3 is 16.2 Å². The van der Waals surface area contributed by atoms with E-state index in [1.54, 1.807) is 12.1 Å². The number of hydrogen-bond donors (Lipinski definition) is 3. The second-order valence-electron chi connectivity index (χ2n) is 7.32. The first kappa shape index (κ1) is 20.7. The lowest BCUT2D eigenvalue weighted by Gasteiger charge is -2.15. The monoisotopic (exact) mass is 420 g/mol. The lowest BCUT2D eigenvalue weighted by Crippen LogP contribution is -2.28. The van der Waals surface area contributed by atoms with Gasteiger partial charge in [0.05, 0.1) is 11.1 Å². The fourth-order valence-electron chi connectivity index (χ4n) is 3.31. The van der Waals surface area contributed by atoms with E-state index in [0.29, 0.717) is 29.0 Å². The number of para-hydroxylation sites is 1. The molecule has 0 amide bonds. The first-order valence-electron chi connectivity index (χ1n) is 10.0. The normalized spacial score (nSPS) is 12.1. The maximum absolute atomic E-state index is 14.3. The van der Waals surface area contributed by atoms with E-state index in [1.165, 1.54) is 18.2 Å². The van der Waals surface area contributed by atoms with E-state index in [-0.39, 0.29) is 23.2 Å². The molecule has 0 spiro atoms. The molecule has 0 aliphatic rings. The Balaban J connectivity index is 1.82. The zero-order valence-electron chi connectivity index (χ0n) is 16.9. The number of fused-ring (bicyclic) bond motifs is 1. The molecule has 0 saturated carbocycles. The van der Waals surface area contributed by atoms with Crippen molar-refractivity contribution in [1.82, 2.24) is 9.97 Å². The van der Waals surface area contributed by atoms with Crippen LogP contribution in [-0.4, -0.2) is 27.7 Å². The smallest absolute Gasteiger partial charge is 0.165 e. The van der Waals surface area contributed by atoms with Crippen LogP contribution in [0.2, 0.25) is 0 Å². The number of nitrogens with two attached hydrogens (primary N) is 1. The van der Waals surface area contributed by atoms with Crippen LogP contribution in [0, 0.1) is 11.6 Å². The van der Waals surface area contributed by atoms with Crippen LogP contribution in [0.3, 0.4) is 0 Å². The van der Waals surface area contributed by atoms with Crippen LogP contribution in [0.1, 0.15) is 13.3 Å². The highest BCUT2D eigenvalue weighted by atomic mass is 19.1. The van der Waals surface area contributed by atoms with E-state index in [0.717, 1.165) is 17.9 Å². The average Bonchev–Trinajstić information content (AvgIpc) is 2.77. The summed E-state index contributed by atoms with van der Waals surface area (Å²) in [6.45, 7) is 2.54. The van der Waals surface area contributed by atoms with Gasteiger partial charge in [-0.05, 0) is 48.4 Å². The number of nitrogens with zero attached hydrogens (tertiary/aromatic N) is 2. The van der Waals surface area contributed by atoms with Crippen LogP contribution in [-0.2, 0) is 0 Å². The molecule has 1 atom stereocenters. The number of hydrogen-bond acceptors (Lipinski definition) is 5. The van der Waals surface area contributed by atoms with Gasteiger partial charge >= 0.3 is 0 Å². The van der Waals surface area contributed by atoms with Gasteiger partial charge in [-0.2, -0.15) is 0 Å². The van der Waals surface area contributed by atoms with Gasteiger partial charge in [-0.15, -0.1) is 0 Å². The van der Waals surface area contributed by atoms with Crippen molar-refractivity contribution in [2.75, 3.05) is 11.9 Å². The zero-order valence-corrected chi connectivity index (χ0v) is 16.9. The third-order valence-electron chi connectivity index (χ3n) is 5.14. The molecule has 0 bridgehead atoms. The molecule has 0 aliphatic carbocycles. The van der Waals surface area contributed by atoms with Gasteiger partial charge in [-0.1, -0.05) is 25.1 Å². The highest BCUT2D eigenvalue weighted by Crippen LogP contribution is 2.34. The number of aromatic hydroxyl groups is 1. The molecule has 5 nitrogen and oxygen atoms in total. The number of phenols is 1. The van der Waals surface area contributed by atoms with Crippen molar-refractivity contribution in [1.29, 1.82) is 0 Å². The van der Waals surface area contributed by atoms with Crippen molar-refractivity contribution < 1.29 is 13.9 Å². The molecule has 1 aromatic heterocycles. The average molecular weight is 420 g/mol. The molecule has 0 saturated heterocycles. The van der Waals surface area contributed by atoms with Gasteiger partial charge in [0, 0.05) is 29.6 Å². The minimum atomic E-state index is -0.688. The predicted octanol–water partition coefficient (Wildman–Crippen LogP) is 5.10. The van der Waals surface area contributed by atoms with Crippen LogP contribution in [0.5, 0.6) is 5.75 Å². The zero-order chi connectivity index (χ0) is 22.0. The summed E-state index contributed by atoms with van der Waals surface area (Å²) >= 11 is 0. The maximum atomic E-state index is 14.3. The molecule has 0 aliphatic heterocycles. The molecule has 3 aromatic carbocycles. The highest BCUT2D eigenvalue weighted by Gasteiger charge is 2.15. The van der Waals surface area contributed by atoms with Crippen LogP contribution >= 0.6 is 0 Å². The SMILES string of the molecule is CC[C@@H](N)CNc1nc(-c2cc(-c3ccc(F)cc3F)ccc2O)nc2ccccc12. The maximum Gasteiger partial charge on any atom is 0.165 e. The lowest BCUT2D eigenvalue weighted by atomic mass is 10.0. The first-order valence-corrected chi connectivity index (χ1v) is 10.0. The molecule has 0 radical (unpaired) electrons. The number of halogens is 2. The topological polar surface area (TPSA) is 84.1 Å². The fourth-order valence-corrected chi connectivity index (χ4v) is 3.31. The van der Waals surface area contributed by atoms with Gasteiger partial charge in [0.15, 0.2) is 5.82 Å². The van der Waals surface area contributed by atoms with Gasteiger partial charge in [0.2, 0.25) is 0 Å². The number of aromatic nitrogens is 2. The number of nitrogens with one attached hydrogen (secondary N) is 1. The van der Waals surface area contributed by atoms with Crippen molar-refractivity contribution in [2.45, 2.75) is 19.4 Å². The third kappa shape index (κ3) is 4.32. The molecule has 31 heavy (non-hydrogen) atoms. The fraction of sp³-hybridized carbons (Fsp3) is 0.167. The molecule has 0 fully saturated rings. The summed E-state index contributed by atoms with van der Waals surface area (Å²) in [5, 5.41) is 14.6. The van der Waals surface area contributed by atoms with Crippen molar-refractivity contribution in [2.24, 2.45) is 5.73 Å². The second-order valence-corrected chi connectivity index (χ2v) is 7.32. The summed E-state index contributed by atoms with van der Waals surface area (Å²) in [6.07, 6.45) is 0.814. The summed E-state index contributed by atoms with van der Waals surface area (Å²) in [5.74, 6) is -0.501. The standard InChI is InChI=1S/C24H22F2N4O/c1-2-16(27)13-28-23-18-5-3-4-6-21(18)29-24(30-23)19-11-14(7-10-22(19)31)17-9-8-15(25)12-20(17)26/h3-12,16,31H,2,13,27H2,1H3,(H,28,29,30)/t16-/m1/s1. The molecule has 4 aromatic rings. The van der Waals surface area contributed by atoms with E-state index in [1.807, 2.05) is 31.2 Å². The van der Waals surface area contributed by atoms with Gasteiger partial charge in [0.1, 0.15) is 23.2 Å². The molecule has 1 heterocycles. The molecule has 4 N–H and O–H groups in total. The number of phenolic OH excluding ortho intramolecular Hbond substituents is 1. The van der Waals surface area contributed by atoms with Crippen LogP contribution < -0.4 is 11.1 Å². The minimum Gasteiger partial charge on any atom is -0.507 e. The highest BCUT2D eigenvalue weighted by molar-refractivity contribution is 5.91. The summed E-state index contributed by atoms with van der Waals surface area (Å²) in [7, 11) is 0. The summed E-state index contributed by atoms with van der Waals surface area (Å²) in [6, 6.07) is 15.5. The molecular weight excluding hydrogens is 398 g/mol. The number of benzene rings is 3. The number of rotatable bonds is 6. The summed E-state index contributed by atoms with van der Waals surface area (Å²) in [5.41, 5.74) is 7.77. The third-order valence-corrected chi connectivity index (χ3v) is 5.14. The van der Waals surface area contributed by atoms with Crippen molar-refractivity contribution in [3.05, 3.63) is 72.3 Å². The van der Waals surface area contributed by atoms with E-state index in [9.17, 15) is 13.9 Å². The Morgan fingerprint density at radius 1 is 1.00 bits per heavy atom. The molecule has 158 valence electrons. The van der Waals surface area contributed by atoms with E-state index < -0.39 is 11.6 Å². The quantitative estimate of drug-likeness (QED) is 0.404. The van der Waals surface area contributed by atoms with Crippen LogP contribution in [0.25, 0.3) is 33.4 Å². The summed E-state index contributed by atoms with van der Waals surface area (Å²) < 4.78 is 27.6. The lowest BCUT2D eigenvalue weighted by molar-refractivity contribution is 0.477. The Morgan fingerprint density at radius 3 is 2.58 bits per heavy atom. The molecular formula is C24H22F2N4O. The minimum absolute atomic E-state index is 0.0321.